The third kappa shape index (κ3) is 3.89. The highest BCUT2D eigenvalue weighted by atomic mass is 16.5. The summed E-state index contributed by atoms with van der Waals surface area (Å²) >= 11 is 0. The monoisotopic (exact) mass is 442 g/mol. The van der Waals surface area contributed by atoms with E-state index in [4.69, 9.17) is 9.26 Å². The quantitative estimate of drug-likeness (QED) is 0.395. The van der Waals surface area contributed by atoms with Gasteiger partial charge in [-0.3, -0.25) is 9.36 Å². The van der Waals surface area contributed by atoms with Crippen LogP contribution in [0.5, 0.6) is 5.75 Å². The van der Waals surface area contributed by atoms with E-state index in [1.54, 1.807) is 4.68 Å². The molecule has 0 aliphatic heterocycles. The fourth-order valence-electron chi connectivity index (χ4n) is 3.83. The van der Waals surface area contributed by atoms with E-state index in [-0.39, 0.29) is 12.1 Å². The van der Waals surface area contributed by atoms with Crippen LogP contribution in [0.25, 0.3) is 28.1 Å². The molecule has 0 radical (unpaired) electrons. The summed E-state index contributed by atoms with van der Waals surface area (Å²) in [5, 5.41) is 8.88. The van der Waals surface area contributed by atoms with Gasteiger partial charge in [0.05, 0.1) is 24.1 Å². The molecule has 0 aliphatic carbocycles. The van der Waals surface area contributed by atoms with Gasteiger partial charge in [-0.15, -0.1) is 0 Å². The summed E-state index contributed by atoms with van der Waals surface area (Å²) in [6.07, 6.45) is 3.01. The predicted molar refractivity (Wildman–Crippen MR) is 123 cm³/mol. The first kappa shape index (κ1) is 20.6. The van der Waals surface area contributed by atoms with Crippen LogP contribution < -0.4 is 10.3 Å². The molecular weight excluding hydrogens is 420 g/mol. The molecule has 0 fully saturated rings. The van der Waals surface area contributed by atoms with Crippen LogP contribution in [0.4, 0.5) is 0 Å². The Kier molecular flexibility index (Phi) is 5.21. The molecule has 0 aliphatic rings. The van der Waals surface area contributed by atoms with Gasteiger partial charge in [-0.05, 0) is 56.2 Å². The molecule has 5 aromatic rings. The average Bonchev–Trinajstić information content (AvgIpc) is 3.43. The number of aromatic nitrogens is 6. The van der Waals surface area contributed by atoms with E-state index in [0.717, 1.165) is 22.4 Å². The number of hydrogen-bond acceptors (Lipinski definition) is 7. The minimum atomic E-state index is -0.231. The molecule has 0 bridgehead atoms. The molecular formula is C24H22N6O3. The number of ether oxygens (including phenoxy) is 1. The number of aryl methyl sites for hydroxylation is 2. The van der Waals surface area contributed by atoms with Crippen molar-refractivity contribution in [2.75, 3.05) is 6.61 Å². The van der Waals surface area contributed by atoms with Gasteiger partial charge in [0.15, 0.2) is 5.65 Å². The standard InChI is InChI=1S/C24H22N6O3/c1-4-32-20-8-6-5-7-18(20)22-27-21(33-28-22)13-29-14-25-23-19(24(29)31)12-26-30(23)17-10-15(2)9-16(3)11-17/h5-12,14H,4,13H2,1-3H3. The van der Waals surface area contributed by atoms with E-state index >= 15 is 0 Å². The maximum atomic E-state index is 13.1. The Labute approximate surface area is 189 Å². The van der Waals surface area contributed by atoms with E-state index in [1.165, 1.54) is 17.1 Å². The van der Waals surface area contributed by atoms with Crippen molar-refractivity contribution >= 4 is 11.0 Å². The Morgan fingerprint density at radius 2 is 1.88 bits per heavy atom. The van der Waals surface area contributed by atoms with Gasteiger partial charge >= 0.3 is 0 Å². The zero-order valence-corrected chi connectivity index (χ0v) is 18.5. The molecule has 3 aromatic heterocycles. The van der Waals surface area contributed by atoms with Crippen molar-refractivity contribution in [2.45, 2.75) is 27.3 Å². The summed E-state index contributed by atoms with van der Waals surface area (Å²) in [6.45, 7) is 6.58. The van der Waals surface area contributed by atoms with Gasteiger partial charge in [-0.1, -0.05) is 23.4 Å². The van der Waals surface area contributed by atoms with Crippen molar-refractivity contribution in [3.05, 3.63) is 82.4 Å². The van der Waals surface area contributed by atoms with Crippen LogP contribution in [-0.4, -0.2) is 36.1 Å². The van der Waals surface area contributed by atoms with Crippen molar-refractivity contribution in [3.8, 4) is 22.8 Å². The van der Waals surface area contributed by atoms with E-state index in [1.807, 2.05) is 57.2 Å². The molecule has 0 unspecified atom stereocenters. The summed E-state index contributed by atoms with van der Waals surface area (Å²) in [7, 11) is 0. The highest BCUT2D eigenvalue weighted by Gasteiger charge is 2.16. The lowest BCUT2D eigenvalue weighted by molar-refractivity contribution is 0.340. The van der Waals surface area contributed by atoms with E-state index < -0.39 is 0 Å². The summed E-state index contributed by atoms with van der Waals surface area (Å²) in [4.78, 5) is 22.0. The zero-order chi connectivity index (χ0) is 22.9. The Balaban J connectivity index is 1.47. The normalized spacial score (nSPS) is 11.2. The minimum absolute atomic E-state index is 0.0975. The molecule has 0 N–H and O–H groups in total. The van der Waals surface area contributed by atoms with Crippen LogP contribution in [0, 0.1) is 13.8 Å². The predicted octanol–water partition coefficient (Wildman–Crippen LogP) is 3.70. The van der Waals surface area contributed by atoms with E-state index in [2.05, 4.69) is 26.3 Å². The van der Waals surface area contributed by atoms with Gasteiger partial charge in [0, 0.05) is 0 Å². The van der Waals surface area contributed by atoms with Gasteiger partial charge < -0.3 is 9.26 Å². The number of para-hydroxylation sites is 1. The maximum absolute atomic E-state index is 13.1. The third-order valence-electron chi connectivity index (χ3n) is 5.21. The van der Waals surface area contributed by atoms with Gasteiger partial charge in [-0.25, -0.2) is 9.67 Å². The first-order valence-corrected chi connectivity index (χ1v) is 10.6. The first-order chi connectivity index (χ1) is 16.0. The van der Waals surface area contributed by atoms with Crippen LogP contribution in [0.1, 0.15) is 23.9 Å². The lowest BCUT2D eigenvalue weighted by Gasteiger charge is -2.07. The van der Waals surface area contributed by atoms with Crippen LogP contribution in [-0.2, 0) is 6.54 Å². The Morgan fingerprint density at radius 1 is 1.09 bits per heavy atom. The molecule has 0 spiro atoms. The Bertz CT molecular complexity index is 1490. The summed E-state index contributed by atoms with van der Waals surface area (Å²) in [6, 6.07) is 13.6. The fraction of sp³-hybridized carbons (Fsp3) is 0.208. The zero-order valence-electron chi connectivity index (χ0n) is 18.5. The maximum Gasteiger partial charge on any atom is 0.264 e. The number of benzene rings is 2. The van der Waals surface area contributed by atoms with Crippen molar-refractivity contribution in [3.63, 3.8) is 0 Å². The number of hydrogen-bond donors (Lipinski definition) is 0. The van der Waals surface area contributed by atoms with Gasteiger partial charge in [0.1, 0.15) is 24.0 Å². The van der Waals surface area contributed by atoms with Crippen molar-refractivity contribution < 1.29 is 9.26 Å². The van der Waals surface area contributed by atoms with Gasteiger partial charge in [-0.2, -0.15) is 10.1 Å². The lowest BCUT2D eigenvalue weighted by Crippen LogP contribution is -2.21. The van der Waals surface area contributed by atoms with Crippen LogP contribution in [0.15, 0.2) is 64.3 Å². The van der Waals surface area contributed by atoms with E-state index in [9.17, 15) is 4.79 Å². The smallest absolute Gasteiger partial charge is 0.264 e. The number of fused-ring (bicyclic) bond motifs is 1. The molecule has 3 heterocycles. The molecule has 2 aromatic carbocycles. The molecule has 33 heavy (non-hydrogen) atoms. The van der Waals surface area contributed by atoms with E-state index in [0.29, 0.717) is 35.1 Å². The molecule has 0 saturated heterocycles. The average molecular weight is 442 g/mol. The fourth-order valence-corrected chi connectivity index (χ4v) is 3.83. The molecule has 0 atom stereocenters. The topological polar surface area (TPSA) is 101 Å². The molecule has 5 rings (SSSR count). The second-order valence-corrected chi connectivity index (χ2v) is 7.76. The van der Waals surface area contributed by atoms with Crippen LogP contribution >= 0.6 is 0 Å². The highest BCUT2D eigenvalue weighted by molar-refractivity contribution is 5.75. The Hall–Kier alpha value is -4.27. The summed E-state index contributed by atoms with van der Waals surface area (Å²) < 4.78 is 14.2. The SMILES string of the molecule is CCOc1ccccc1-c1noc(Cn2cnc3c(cnn3-c3cc(C)cc(C)c3)c2=O)n1. The molecule has 166 valence electrons. The summed E-state index contributed by atoms with van der Waals surface area (Å²) in [5.74, 6) is 1.37. The summed E-state index contributed by atoms with van der Waals surface area (Å²) in [5.41, 5.74) is 4.08. The van der Waals surface area contributed by atoms with Gasteiger partial charge in [0.25, 0.3) is 5.56 Å². The van der Waals surface area contributed by atoms with Crippen LogP contribution in [0.3, 0.4) is 0 Å². The highest BCUT2D eigenvalue weighted by Crippen LogP contribution is 2.27. The number of rotatable bonds is 6. The third-order valence-corrected chi connectivity index (χ3v) is 5.21. The minimum Gasteiger partial charge on any atom is -0.493 e. The first-order valence-electron chi connectivity index (χ1n) is 10.6. The largest absolute Gasteiger partial charge is 0.493 e. The number of nitrogens with zero attached hydrogens (tertiary/aromatic N) is 6. The van der Waals surface area contributed by atoms with Crippen molar-refractivity contribution in [2.24, 2.45) is 0 Å². The second kappa shape index (κ2) is 8.34. The lowest BCUT2D eigenvalue weighted by atomic mass is 10.1. The van der Waals surface area contributed by atoms with Crippen molar-refractivity contribution in [1.82, 2.24) is 29.5 Å². The molecule has 0 saturated carbocycles. The molecule has 0 amide bonds. The second-order valence-electron chi connectivity index (χ2n) is 7.76. The van der Waals surface area contributed by atoms with Crippen molar-refractivity contribution in [1.29, 1.82) is 0 Å². The van der Waals surface area contributed by atoms with Crippen LogP contribution in [0.2, 0.25) is 0 Å². The molecule has 9 heteroatoms. The van der Waals surface area contributed by atoms with Gasteiger partial charge in [0.2, 0.25) is 11.7 Å². The Morgan fingerprint density at radius 3 is 2.67 bits per heavy atom. The molecule has 9 nitrogen and oxygen atoms in total.